The second kappa shape index (κ2) is 7.25. The summed E-state index contributed by atoms with van der Waals surface area (Å²) in [5.74, 6) is 1.06. The molecule has 2 aromatic rings. The second-order valence-electron chi connectivity index (χ2n) is 5.46. The van der Waals surface area contributed by atoms with Crippen LogP contribution in [0, 0.1) is 0 Å². The summed E-state index contributed by atoms with van der Waals surface area (Å²) >= 11 is 0. The summed E-state index contributed by atoms with van der Waals surface area (Å²) in [6.07, 6.45) is 6.26. The summed E-state index contributed by atoms with van der Waals surface area (Å²) in [5.41, 5.74) is 1.18. The van der Waals surface area contributed by atoms with Gasteiger partial charge in [-0.05, 0) is 33.2 Å². The van der Waals surface area contributed by atoms with Crippen LogP contribution in [-0.4, -0.2) is 22.1 Å². The van der Waals surface area contributed by atoms with Crippen LogP contribution in [0.5, 0.6) is 0 Å². The van der Waals surface area contributed by atoms with E-state index in [1.54, 1.807) is 0 Å². The van der Waals surface area contributed by atoms with Crippen molar-refractivity contribution >= 4 is 0 Å². The van der Waals surface area contributed by atoms with Gasteiger partial charge in [0.25, 0.3) is 0 Å². The Morgan fingerprint density at radius 3 is 2.65 bits per heavy atom. The Balaban J connectivity index is 2.08. The average molecular weight is 271 g/mol. The number of benzene rings is 1. The summed E-state index contributed by atoms with van der Waals surface area (Å²) in [6, 6.07) is 11.4. The van der Waals surface area contributed by atoms with Crippen molar-refractivity contribution in [2.75, 3.05) is 6.54 Å². The van der Waals surface area contributed by atoms with E-state index in [-0.39, 0.29) is 0 Å². The van der Waals surface area contributed by atoms with Crippen molar-refractivity contribution < 1.29 is 0 Å². The van der Waals surface area contributed by atoms with Crippen LogP contribution in [0.15, 0.2) is 42.7 Å². The molecule has 3 nitrogen and oxygen atoms in total. The molecule has 1 heterocycles. The smallest absolute Gasteiger partial charge is 0.140 e. The molecule has 1 aromatic heterocycles. The third-order valence-electron chi connectivity index (χ3n) is 3.61. The van der Waals surface area contributed by atoms with Crippen LogP contribution >= 0.6 is 0 Å². The molecule has 2 atom stereocenters. The van der Waals surface area contributed by atoms with Gasteiger partial charge in [-0.3, -0.25) is 0 Å². The van der Waals surface area contributed by atoms with E-state index in [2.05, 4.69) is 66.1 Å². The maximum atomic E-state index is 4.52. The maximum Gasteiger partial charge on any atom is 0.140 e. The molecule has 1 N–H and O–H groups in total. The lowest BCUT2D eigenvalue weighted by molar-refractivity contribution is 0.415. The van der Waals surface area contributed by atoms with E-state index < -0.39 is 0 Å². The van der Waals surface area contributed by atoms with Gasteiger partial charge in [-0.2, -0.15) is 0 Å². The van der Waals surface area contributed by atoms with E-state index in [0.717, 1.165) is 18.8 Å². The van der Waals surface area contributed by atoms with Crippen LogP contribution in [0.1, 0.15) is 39.7 Å². The zero-order valence-corrected chi connectivity index (χ0v) is 12.7. The molecule has 2 rings (SSSR count). The number of hydrogen-bond donors (Lipinski definition) is 1. The fourth-order valence-corrected chi connectivity index (χ4v) is 2.58. The van der Waals surface area contributed by atoms with E-state index in [1.807, 2.05) is 12.3 Å². The Morgan fingerprint density at radius 2 is 1.95 bits per heavy atom. The molecule has 108 valence electrons. The summed E-state index contributed by atoms with van der Waals surface area (Å²) in [7, 11) is 0. The second-order valence-corrected chi connectivity index (χ2v) is 5.46. The minimum Gasteiger partial charge on any atom is -0.328 e. The highest BCUT2D eigenvalue weighted by atomic mass is 15.1. The lowest BCUT2D eigenvalue weighted by Gasteiger charge is -2.21. The van der Waals surface area contributed by atoms with Crippen LogP contribution in [0.25, 0.3) is 11.4 Å². The van der Waals surface area contributed by atoms with E-state index in [1.165, 1.54) is 12.0 Å². The van der Waals surface area contributed by atoms with Crippen molar-refractivity contribution in [3.63, 3.8) is 0 Å². The lowest BCUT2D eigenvalue weighted by atomic mass is 10.1. The topological polar surface area (TPSA) is 29.9 Å². The zero-order valence-electron chi connectivity index (χ0n) is 12.7. The third kappa shape index (κ3) is 3.70. The maximum absolute atomic E-state index is 4.52. The highest BCUT2D eigenvalue weighted by Gasteiger charge is 2.14. The monoisotopic (exact) mass is 271 g/mol. The van der Waals surface area contributed by atoms with E-state index in [4.69, 9.17) is 0 Å². The van der Waals surface area contributed by atoms with Gasteiger partial charge in [0, 0.05) is 30.0 Å². The number of hydrogen-bond acceptors (Lipinski definition) is 2. The van der Waals surface area contributed by atoms with Gasteiger partial charge in [0.1, 0.15) is 5.82 Å². The van der Waals surface area contributed by atoms with Crippen molar-refractivity contribution in [2.45, 2.75) is 45.7 Å². The Kier molecular flexibility index (Phi) is 5.36. The van der Waals surface area contributed by atoms with Gasteiger partial charge in [0.05, 0.1) is 0 Å². The first-order valence-electron chi connectivity index (χ1n) is 7.54. The Labute approximate surface area is 122 Å². The molecule has 2 unspecified atom stereocenters. The number of aromatic nitrogens is 2. The summed E-state index contributed by atoms with van der Waals surface area (Å²) < 4.78 is 2.28. The first-order valence-corrected chi connectivity index (χ1v) is 7.54. The molecular formula is C17H25N3. The number of rotatable bonds is 7. The largest absolute Gasteiger partial charge is 0.328 e. The van der Waals surface area contributed by atoms with E-state index in [9.17, 15) is 0 Å². The Bertz CT molecular complexity index is 504. The third-order valence-corrected chi connectivity index (χ3v) is 3.61. The molecule has 0 saturated heterocycles. The quantitative estimate of drug-likeness (QED) is 0.828. The van der Waals surface area contributed by atoms with Crippen LogP contribution < -0.4 is 5.32 Å². The van der Waals surface area contributed by atoms with Crippen LogP contribution in [0.2, 0.25) is 0 Å². The predicted octanol–water partition coefficient (Wildman–Crippen LogP) is 3.89. The first kappa shape index (κ1) is 14.8. The molecule has 0 radical (unpaired) electrons. The Hall–Kier alpha value is -1.61. The highest BCUT2D eigenvalue weighted by molar-refractivity contribution is 5.55. The molecule has 1 aromatic carbocycles. The van der Waals surface area contributed by atoms with E-state index >= 15 is 0 Å². The van der Waals surface area contributed by atoms with E-state index in [0.29, 0.717) is 12.1 Å². The molecule has 0 aliphatic carbocycles. The van der Waals surface area contributed by atoms with Crippen LogP contribution in [0.3, 0.4) is 0 Å². The van der Waals surface area contributed by atoms with Gasteiger partial charge in [-0.25, -0.2) is 4.98 Å². The first-order chi connectivity index (χ1) is 9.72. The molecule has 20 heavy (non-hydrogen) atoms. The molecule has 0 fully saturated rings. The van der Waals surface area contributed by atoms with Crippen molar-refractivity contribution in [2.24, 2.45) is 0 Å². The summed E-state index contributed by atoms with van der Waals surface area (Å²) in [6.45, 7) is 7.80. The predicted molar refractivity (Wildman–Crippen MR) is 84.7 cm³/mol. The summed E-state index contributed by atoms with van der Waals surface area (Å²) in [5, 5.41) is 3.55. The fourth-order valence-electron chi connectivity index (χ4n) is 2.58. The van der Waals surface area contributed by atoms with Crippen molar-refractivity contribution in [3.05, 3.63) is 42.7 Å². The van der Waals surface area contributed by atoms with Crippen molar-refractivity contribution in [3.8, 4) is 11.4 Å². The number of imidazole rings is 1. The van der Waals surface area contributed by atoms with Gasteiger partial charge in [-0.15, -0.1) is 0 Å². The molecular weight excluding hydrogens is 246 g/mol. The number of nitrogens with one attached hydrogen (secondary N) is 1. The number of nitrogens with zero attached hydrogens (tertiary/aromatic N) is 2. The minimum atomic E-state index is 0.437. The highest BCUT2D eigenvalue weighted by Crippen LogP contribution is 2.23. The van der Waals surface area contributed by atoms with Gasteiger partial charge in [0.15, 0.2) is 0 Å². The van der Waals surface area contributed by atoms with Gasteiger partial charge in [-0.1, -0.05) is 37.3 Å². The Morgan fingerprint density at radius 1 is 1.20 bits per heavy atom. The molecule has 0 aliphatic heterocycles. The standard InChI is InChI=1S/C17H25N3/c1-4-10-18-14(2)13-15(3)20-12-11-19-17(20)16-8-6-5-7-9-16/h5-9,11-12,14-15,18H,4,10,13H2,1-3H3. The SMILES string of the molecule is CCCNC(C)CC(C)n1ccnc1-c1ccccc1. The molecule has 0 amide bonds. The van der Waals surface area contributed by atoms with Crippen LogP contribution in [-0.2, 0) is 0 Å². The molecule has 0 aliphatic rings. The fraction of sp³-hybridized carbons (Fsp3) is 0.471. The summed E-state index contributed by atoms with van der Waals surface area (Å²) in [4.78, 5) is 4.52. The van der Waals surface area contributed by atoms with Crippen LogP contribution in [0.4, 0.5) is 0 Å². The molecule has 0 saturated carbocycles. The van der Waals surface area contributed by atoms with Gasteiger partial charge >= 0.3 is 0 Å². The van der Waals surface area contributed by atoms with Gasteiger partial charge < -0.3 is 9.88 Å². The lowest BCUT2D eigenvalue weighted by Crippen LogP contribution is -2.29. The molecule has 3 heteroatoms. The van der Waals surface area contributed by atoms with Crippen molar-refractivity contribution in [1.82, 2.24) is 14.9 Å². The molecule has 0 bridgehead atoms. The van der Waals surface area contributed by atoms with Crippen molar-refractivity contribution in [1.29, 1.82) is 0 Å². The zero-order chi connectivity index (χ0) is 14.4. The molecule has 0 spiro atoms. The normalized spacial score (nSPS) is 14.2. The average Bonchev–Trinajstić information content (AvgIpc) is 2.95. The van der Waals surface area contributed by atoms with Gasteiger partial charge in [0.2, 0.25) is 0 Å². The minimum absolute atomic E-state index is 0.437.